The van der Waals surface area contributed by atoms with E-state index in [1.54, 1.807) is 6.07 Å². The number of benzene rings is 1. The minimum absolute atomic E-state index is 0.106. The molecule has 2 aromatic rings. The van der Waals surface area contributed by atoms with Crippen molar-refractivity contribution in [2.75, 3.05) is 0 Å². The molecule has 0 aliphatic heterocycles. The van der Waals surface area contributed by atoms with Crippen LogP contribution >= 0.6 is 0 Å². The average molecular weight is 271 g/mol. The highest BCUT2D eigenvalue weighted by Crippen LogP contribution is 2.27. The predicted octanol–water partition coefficient (Wildman–Crippen LogP) is 2.37. The summed E-state index contributed by atoms with van der Waals surface area (Å²) in [4.78, 5) is 26.1. The Balaban J connectivity index is 2.71. The first kappa shape index (κ1) is 13.7. The molecule has 1 heterocycles. The number of nitro groups is 1. The Labute approximate surface area is 115 Å². The Bertz CT molecular complexity index is 691. The van der Waals surface area contributed by atoms with Crippen LogP contribution < -0.4 is 5.73 Å². The minimum Gasteiger partial charge on any atom is -0.366 e. The van der Waals surface area contributed by atoms with Crippen LogP contribution in [0.5, 0.6) is 0 Å². The van der Waals surface area contributed by atoms with Gasteiger partial charge in [0.05, 0.1) is 10.6 Å². The third-order valence-electron chi connectivity index (χ3n) is 2.85. The smallest absolute Gasteiger partial charge is 0.270 e. The number of nitrogens with two attached hydrogens (primary N) is 1. The lowest BCUT2D eigenvalue weighted by molar-refractivity contribution is -0.384. The molecule has 20 heavy (non-hydrogen) atoms. The van der Waals surface area contributed by atoms with E-state index in [9.17, 15) is 14.9 Å². The Hall–Kier alpha value is -2.76. The molecule has 0 unspecified atom stereocenters. The highest BCUT2D eigenvalue weighted by atomic mass is 16.6. The molecule has 0 saturated heterocycles. The standard InChI is InChI=1S/C14H13N3O3/c1-8-5-9(2)16-13(6-8)12-7-10(17(19)20)3-4-11(12)14(15)18/h3-7H,1-2H3,(H2,15,18). The Morgan fingerprint density at radius 3 is 2.50 bits per heavy atom. The van der Waals surface area contributed by atoms with Crippen molar-refractivity contribution in [3.05, 3.63) is 57.3 Å². The van der Waals surface area contributed by atoms with Crippen molar-refractivity contribution in [3.8, 4) is 11.3 Å². The highest BCUT2D eigenvalue weighted by molar-refractivity contribution is 5.99. The summed E-state index contributed by atoms with van der Waals surface area (Å²) in [5.41, 5.74) is 8.02. The van der Waals surface area contributed by atoms with Crippen LogP contribution in [0.2, 0.25) is 0 Å². The summed E-state index contributed by atoms with van der Waals surface area (Å²) in [5, 5.41) is 10.9. The van der Waals surface area contributed by atoms with E-state index in [1.807, 2.05) is 19.9 Å². The number of hydrogen-bond donors (Lipinski definition) is 1. The van der Waals surface area contributed by atoms with Crippen molar-refractivity contribution < 1.29 is 9.72 Å². The van der Waals surface area contributed by atoms with Gasteiger partial charge in [-0.15, -0.1) is 0 Å². The molecule has 0 atom stereocenters. The molecule has 0 aliphatic carbocycles. The van der Waals surface area contributed by atoms with E-state index < -0.39 is 10.8 Å². The zero-order valence-corrected chi connectivity index (χ0v) is 11.1. The summed E-state index contributed by atoms with van der Waals surface area (Å²) in [6.45, 7) is 3.71. The lowest BCUT2D eigenvalue weighted by Gasteiger charge is -2.08. The van der Waals surface area contributed by atoms with Gasteiger partial charge >= 0.3 is 0 Å². The Morgan fingerprint density at radius 1 is 1.25 bits per heavy atom. The molecular weight excluding hydrogens is 258 g/mol. The monoisotopic (exact) mass is 271 g/mol. The molecular formula is C14H13N3O3. The normalized spacial score (nSPS) is 10.3. The van der Waals surface area contributed by atoms with Crippen molar-refractivity contribution in [3.63, 3.8) is 0 Å². The summed E-state index contributed by atoms with van der Waals surface area (Å²) >= 11 is 0. The number of pyridine rings is 1. The van der Waals surface area contributed by atoms with Crippen LogP contribution in [0.3, 0.4) is 0 Å². The van der Waals surface area contributed by atoms with E-state index in [0.717, 1.165) is 11.3 Å². The van der Waals surface area contributed by atoms with E-state index in [1.165, 1.54) is 18.2 Å². The first-order chi connectivity index (χ1) is 9.38. The summed E-state index contributed by atoms with van der Waals surface area (Å²) in [5.74, 6) is -0.643. The van der Waals surface area contributed by atoms with Crippen LogP contribution in [0, 0.1) is 24.0 Å². The largest absolute Gasteiger partial charge is 0.366 e. The maximum absolute atomic E-state index is 11.5. The van der Waals surface area contributed by atoms with Crippen LogP contribution in [-0.2, 0) is 0 Å². The van der Waals surface area contributed by atoms with Gasteiger partial charge in [0.25, 0.3) is 5.69 Å². The first-order valence-electron chi connectivity index (χ1n) is 5.92. The zero-order valence-electron chi connectivity index (χ0n) is 11.1. The number of aryl methyl sites for hydroxylation is 2. The maximum atomic E-state index is 11.5. The number of rotatable bonds is 3. The van der Waals surface area contributed by atoms with Crippen molar-refractivity contribution in [2.45, 2.75) is 13.8 Å². The molecule has 0 bridgehead atoms. The average Bonchev–Trinajstić information content (AvgIpc) is 2.36. The van der Waals surface area contributed by atoms with Gasteiger partial charge in [-0.3, -0.25) is 19.9 Å². The van der Waals surface area contributed by atoms with E-state index in [2.05, 4.69) is 4.98 Å². The second kappa shape index (κ2) is 5.08. The van der Waals surface area contributed by atoms with Gasteiger partial charge in [-0.25, -0.2) is 0 Å². The molecule has 6 nitrogen and oxygen atoms in total. The molecule has 0 spiro atoms. The first-order valence-corrected chi connectivity index (χ1v) is 5.92. The van der Waals surface area contributed by atoms with Gasteiger partial charge in [-0.2, -0.15) is 0 Å². The van der Waals surface area contributed by atoms with Crippen LogP contribution in [-0.4, -0.2) is 15.8 Å². The van der Waals surface area contributed by atoms with Gasteiger partial charge in [0.1, 0.15) is 0 Å². The van der Waals surface area contributed by atoms with E-state index in [0.29, 0.717) is 11.3 Å². The van der Waals surface area contributed by atoms with Crippen molar-refractivity contribution >= 4 is 11.6 Å². The fourth-order valence-corrected chi connectivity index (χ4v) is 2.05. The van der Waals surface area contributed by atoms with Crippen molar-refractivity contribution in [1.29, 1.82) is 0 Å². The van der Waals surface area contributed by atoms with E-state index in [-0.39, 0.29) is 11.3 Å². The molecule has 102 valence electrons. The van der Waals surface area contributed by atoms with Crippen LogP contribution in [0.1, 0.15) is 21.6 Å². The number of carbonyl (C=O) groups excluding carboxylic acids is 1. The van der Waals surface area contributed by atoms with Crippen molar-refractivity contribution in [2.24, 2.45) is 5.73 Å². The molecule has 2 N–H and O–H groups in total. The van der Waals surface area contributed by atoms with Gasteiger partial charge in [0.2, 0.25) is 5.91 Å². The highest BCUT2D eigenvalue weighted by Gasteiger charge is 2.16. The Kier molecular flexibility index (Phi) is 3.47. The summed E-state index contributed by atoms with van der Waals surface area (Å²) in [6, 6.07) is 7.58. The second-order valence-electron chi connectivity index (χ2n) is 4.52. The number of nitro benzene ring substituents is 1. The minimum atomic E-state index is -0.643. The topological polar surface area (TPSA) is 99.1 Å². The van der Waals surface area contributed by atoms with Gasteiger partial charge in [-0.05, 0) is 37.6 Å². The molecule has 2 rings (SSSR count). The second-order valence-corrected chi connectivity index (χ2v) is 4.52. The number of hydrogen-bond acceptors (Lipinski definition) is 4. The molecule has 0 fully saturated rings. The van der Waals surface area contributed by atoms with E-state index >= 15 is 0 Å². The fourth-order valence-electron chi connectivity index (χ4n) is 2.05. The number of non-ortho nitro benzene ring substituents is 1. The number of amides is 1. The van der Waals surface area contributed by atoms with Gasteiger partial charge < -0.3 is 5.73 Å². The lowest BCUT2D eigenvalue weighted by atomic mass is 10.0. The molecule has 6 heteroatoms. The third kappa shape index (κ3) is 2.64. The summed E-state index contributed by atoms with van der Waals surface area (Å²) < 4.78 is 0. The molecule has 1 aromatic carbocycles. The molecule has 0 aliphatic rings. The van der Waals surface area contributed by atoms with Crippen molar-refractivity contribution in [1.82, 2.24) is 4.98 Å². The maximum Gasteiger partial charge on any atom is 0.270 e. The van der Waals surface area contributed by atoms with Crippen LogP contribution in [0.15, 0.2) is 30.3 Å². The fraction of sp³-hybridized carbons (Fsp3) is 0.143. The predicted molar refractivity (Wildman–Crippen MR) is 74.3 cm³/mol. The number of carbonyl (C=O) groups is 1. The zero-order chi connectivity index (χ0) is 14.9. The number of primary amides is 1. The van der Waals surface area contributed by atoms with Gasteiger partial charge in [-0.1, -0.05) is 0 Å². The molecule has 0 saturated carbocycles. The number of aromatic nitrogens is 1. The quantitative estimate of drug-likeness (QED) is 0.684. The molecule has 1 amide bonds. The van der Waals surface area contributed by atoms with Crippen LogP contribution in [0.25, 0.3) is 11.3 Å². The SMILES string of the molecule is Cc1cc(C)nc(-c2cc([N+](=O)[O-])ccc2C(N)=O)c1. The molecule has 0 radical (unpaired) electrons. The van der Waals surface area contributed by atoms with E-state index in [4.69, 9.17) is 5.73 Å². The van der Waals surface area contributed by atoms with Gasteiger partial charge in [0, 0.05) is 29.0 Å². The summed E-state index contributed by atoms with van der Waals surface area (Å²) in [6.07, 6.45) is 0. The van der Waals surface area contributed by atoms with Gasteiger partial charge in [0.15, 0.2) is 0 Å². The van der Waals surface area contributed by atoms with Crippen LogP contribution in [0.4, 0.5) is 5.69 Å². The Morgan fingerprint density at radius 2 is 1.95 bits per heavy atom. The number of nitrogens with zero attached hydrogens (tertiary/aromatic N) is 2. The summed E-state index contributed by atoms with van der Waals surface area (Å²) in [7, 11) is 0. The third-order valence-corrected chi connectivity index (χ3v) is 2.85. The lowest BCUT2D eigenvalue weighted by Crippen LogP contribution is -2.13. The molecule has 1 aromatic heterocycles.